The normalized spacial score (nSPS) is 11.3. The van der Waals surface area contributed by atoms with Gasteiger partial charge in [-0.2, -0.15) is 0 Å². The monoisotopic (exact) mass is 394 g/mol. The van der Waals surface area contributed by atoms with Gasteiger partial charge in [0.1, 0.15) is 0 Å². The molecule has 0 saturated carbocycles. The zero-order valence-corrected chi connectivity index (χ0v) is 16.5. The van der Waals surface area contributed by atoms with Gasteiger partial charge in [0.25, 0.3) is 0 Å². The van der Waals surface area contributed by atoms with Gasteiger partial charge >= 0.3 is 0 Å². The van der Waals surface area contributed by atoms with Gasteiger partial charge in [-0.05, 0) is 61.2 Å². The van der Waals surface area contributed by atoms with Crippen molar-refractivity contribution in [2.45, 2.75) is 31.6 Å². The van der Waals surface area contributed by atoms with Crippen LogP contribution in [0, 0.1) is 13.8 Å². The number of carbonyl (C=O) groups excluding carboxylic acids is 1. The van der Waals surface area contributed by atoms with E-state index in [1.807, 2.05) is 26.0 Å². The van der Waals surface area contributed by atoms with Gasteiger partial charge in [0, 0.05) is 24.5 Å². The van der Waals surface area contributed by atoms with Crippen LogP contribution in [0.15, 0.2) is 47.4 Å². The molecule has 7 heteroatoms. The standard InChI is InChI=1S/C19H23ClN2O3S/c1-14-3-8-18(13-15(14)2)26(24,25)22-12-10-19(23)21-11-9-16-4-6-17(20)7-5-16/h3-8,13,22H,9-12H2,1-2H3,(H,21,23). The SMILES string of the molecule is Cc1ccc(S(=O)(=O)NCCC(=O)NCCc2ccc(Cl)cc2)cc1C. The van der Waals surface area contributed by atoms with Gasteiger partial charge in [-0.25, -0.2) is 13.1 Å². The molecule has 0 spiro atoms. The van der Waals surface area contributed by atoms with Crippen molar-refractivity contribution in [1.29, 1.82) is 0 Å². The van der Waals surface area contributed by atoms with Crippen LogP contribution in [0.2, 0.25) is 5.02 Å². The van der Waals surface area contributed by atoms with Crippen LogP contribution in [0.4, 0.5) is 0 Å². The fourth-order valence-electron chi connectivity index (χ4n) is 2.35. The van der Waals surface area contributed by atoms with E-state index in [-0.39, 0.29) is 23.8 Å². The molecular formula is C19H23ClN2O3S. The molecule has 2 aromatic rings. The first kappa shape index (κ1) is 20.4. The van der Waals surface area contributed by atoms with Crippen LogP contribution in [0.3, 0.4) is 0 Å². The molecule has 0 atom stereocenters. The largest absolute Gasteiger partial charge is 0.356 e. The summed E-state index contributed by atoms with van der Waals surface area (Å²) in [5.41, 5.74) is 3.02. The lowest BCUT2D eigenvalue weighted by molar-refractivity contribution is -0.120. The lowest BCUT2D eigenvalue weighted by Gasteiger charge is -2.09. The molecule has 0 heterocycles. The smallest absolute Gasteiger partial charge is 0.240 e. The summed E-state index contributed by atoms with van der Waals surface area (Å²) in [6, 6.07) is 12.4. The van der Waals surface area contributed by atoms with Gasteiger partial charge in [-0.1, -0.05) is 29.8 Å². The first-order valence-corrected chi connectivity index (χ1v) is 10.2. The van der Waals surface area contributed by atoms with Crippen LogP contribution in [-0.4, -0.2) is 27.4 Å². The molecule has 26 heavy (non-hydrogen) atoms. The van der Waals surface area contributed by atoms with E-state index < -0.39 is 10.0 Å². The molecule has 0 radical (unpaired) electrons. The molecular weight excluding hydrogens is 372 g/mol. The number of benzene rings is 2. The van der Waals surface area contributed by atoms with Crippen LogP contribution in [-0.2, 0) is 21.2 Å². The van der Waals surface area contributed by atoms with Crippen molar-refractivity contribution in [2.24, 2.45) is 0 Å². The van der Waals surface area contributed by atoms with Gasteiger partial charge in [0.15, 0.2) is 0 Å². The minimum absolute atomic E-state index is 0.0576. The Balaban J connectivity index is 1.74. The summed E-state index contributed by atoms with van der Waals surface area (Å²) < 4.78 is 27.0. The Morgan fingerprint density at radius 3 is 2.35 bits per heavy atom. The van der Waals surface area contributed by atoms with Crippen molar-refractivity contribution in [3.05, 3.63) is 64.2 Å². The first-order chi connectivity index (χ1) is 12.3. The topological polar surface area (TPSA) is 75.3 Å². The Morgan fingerprint density at radius 2 is 1.69 bits per heavy atom. The Hall–Kier alpha value is -1.89. The molecule has 0 fully saturated rings. The van der Waals surface area contributed by atoms with Crippen molar-refractivity contribution in [1.82, 2.24) is 10.0 Å². The minimum Gasteiger partial charge on any atom is -0.356 e. The first-order valence-electron chi connectivity index (χ1n) is 8.36. The lowest BCUT2D eigenvalue weighted by atomic mass is 10.1. The predicted molar refractivity (Wildman–Crippen MR) is 104 cm³/mol. The van der Waals surface area contributed by atoms with Crippen LogP contribution in [0.1, 0.15) is 23.1 Å². The summed E-state index contributed by atoms with van der Waals surface area (Å²) in [7, 11) is -3.61. The quantitative estimate of drug-likeness (QED) is 0.722. The maximum absolute atomic E-state index is 12.3. The Kier molecular flexibility index (Phi) is 7.20. The number of carbonyl (C=O) groups is 1. The molecule has 2 aromatic carbocycles. The minimum atomic E-state index is -3.61. The summed E-state index contributed by atoms with van der Waals surface area (Å²) in [5.74, 6) is -0.193. The Bertz CT molecular complexity index is 865. The maximum atomic E-state index is 12.3. The average molecular weight is 395 g/mol. The van der Waals surface area contributed by atoms with Crippen LogP contribution >= 0.6 is 11.6 Å². The number of aryl methyl sites for hydroxylation is 2. The molecule has 2 rings (SSSR count). The summed E-state index contributed by atoms with van der Waals surface area (Å²) in [6.45, 7) is 4.34. The van der Waals surface area contributed by atoms with Crippen molar-refractivity contribution in [3.8, 4) is 0 Å². The van der Waals surface area contributed by atoms with Crippen molar-refractivity contribution in [3.63, 3.8) is 0 Å². The highest BCUT2D eigenvalue weighted by Gasteiger charge is 2.14. The van der Waals surface area contributed by atoms with E-state index in [2.05, 4.69) is 10.0 Å². The molecule has 140 valence electrons. The van der Waals surface area contributed by atoms with E-state index in [9.17, 15) is 13.2 Å². The number of rotatable bonds is 8. The van der Waals surface area contributed by atoms with Crippen LogP contribution < -0.4 is 10.0 Å². The lowest BCUT2D eigenvalue weighted by Crippen LogP contribution is -2.31. The van der Waals surface area contributed by atoms with Gasteiger partial charge in [0.2, 0.25) is 15.9 Å². The van der Waals surface area contributed by atoms with Crippen molar-refractivity contribution >= 4 is 27.5 Å². The van der Waals surface area contributed by atoms with E-state index >= 15 is 0 Å². The second-order valence-electron chi connectivity index (χ2n) is 6.12. The Morgan fingerprint density at radius 1 is 1.00 bits per heavy atom. The van der Waals surface area contributed by atoms with Gasteiger partial charge < -0.3 is 5.32 Å². The molecule has 0 saturated heterocycles. The third-order valence-corrected chi connectivity index (χ3v) is 5.79. The highest BCUT2D eigenvalue weighted by molar-refractivity contribution is 7.89. The highest BCUT2D eigenvalue weighted by Crippen LogP contribution is 2.14. The third-order valence-electron chi connectivity index (χ3n) is 4.08. The van der Waals surface area contributed by atoms with E-state index in [0.717, 1.165) is 16.7 Å². The van der Waals surface area contributed by atoms with Crippen molar-refractivity contribution < 1.29 is 13.2 Å². The fraction of sp³-hybridized carbons (Fsp3) is 0.316. The second kappa shape index (κ2) is 9.16. The summed E-state index contributed by atoms with van der Waals surface area (Å²) in [6.07, 6.45) is 0.780. The molecule has 0 aliphatic rings. The summed E-state index contributed by atoms with van der Waals surface area (Å²) >= 11 is 5.82. The third kappa shape index (κ3) is 6.12. The molecule has 5 nitrogen and oxygen atoms in total. The van der Waals surface area contributed by atoms with Crippen LogP contribution in [0.25, 0.3) is 0 Å². The maximum Gasteiger partial charge on any atom is 0.240 e. The molecule has 1 amide bonds. The zero-order valence-electron chi connectivity index (χ0n) is 14.9. The van der Waals surface area contributed by atoms with E-state index in [4.69, 9.17) is 11.6 Å². The molecule has 0 aliphatic carbocycles. The number of hydrogen-bond acceptors (Lipinski definition) is 3. The van der Waals surface area contributed by atoms with Gasteiger partial charge in [0.05, 0.1) is 4.90 Å². The van der Waals surface area contributed by atoms with E-state index in [1.54, 1.807) is 30.3 Å². The second-order valence-corrected chi connectivity index (χ2v) is 8.32. The van der Waals surface area contributed by atoms with Gasteiger partial charge in [-0.15, -0.1) is 0 Å². The number of nitrogens with one attached hydrogen (secondary N) is 2. The molecule has 0 unspecified atom stereocenters. The number of hydrogen-bond donors (Lipinski definition) is 2. The molecule has 0 aliphatic heterocycles. The predicted octanol–water partition coefficient (Wildman–Crippen LogP) is 2.98. The van der Waals surface area contributed by atoms with E-state index in [0.29, 0.717) is 18.0 Å². The molecule has 0 aromatic heterocycles. The number of halogens is 1. The van der Waals surface area contributed by atoms with Crippen LogP contribution in [0.5, 0.6) is 0 Å². The zero-order chi connectivity index (χ0) is 19.2. The fourth-order valence-corrected chi connectivity index (χ4v) is 3.59. The molecule has 0 bridgehead atoms. The molecule has 2 N–H and O–H groups in total. The number of sulfonamides is 1. The number of amides is 1. The summed E-state index contributed by atoms with van der Waals surface area (Å²) in [4.78, 5) is 12.1. The summed E-state index contributed by atoms with van der Waals surface area (Å²) in [5, 5.41) is 3.46. The van der Waals surface area contributed by atoms with Gasteiger partial charge in [-0.3, -0.25) is 4.79 Å². The average Bonchev–Trinajstić information content (AvgIpc) is 2.59. The Labute approximate surface area is 159 Å². The van der Waals surface area contributed by atoms with E-state index in [1.165, 1.54) is 0 Å². The van der Waals surface area contributed by atoms with Crippen molar-refractivity contribution in [2.75, 3.05) is 13.1 Å². The highest BCUT2D eigenvalue weighted by atomic mass is 35.5.